The number of hydrogen-bond acceptors (Lipinski definition) is 7. The average molecular weight is 1810 g/mol. The summed E-state index contributed by atoms with van der Waals surface area (Å²) in [4.78, 5) is 31.2. The van der Waals surface area contributed by atoms with Crippen LogP contribution in [0.2, 0.25) is 0 Å². The van der Waals surface area contributed by atoms with E-state index in [1.165, 1.54) is 97.3 Å². The van der Waals surface area contributed by atoms with Gasteiger partial charge in [-0.15, -0.1) is 0 Å². The quantitative estimate of drug-likeness (QED) is 0.127. The van der Waals surface area contributed by atoms with Crippen LogP contribution in [0.15, 0.2) is 496 Å². The molecule has 662 valence electrons. The zero-order valence-corrected chi connectivity index (χ0v) is 76.6. The summed E-state index contributed by atoms with van der Waals surface area (Å²) < 4.78 is 18.2. The van der Waals surface area contributed by atoms with Crippen molar-refractivity contribution >= 4 is 174 Å². The van der Waals surface area contributed by atoms with E-state index in [4.69, 9.17) is 34.3 Å². The van der Waals surface area contributed by atoms with Crippen LogP contribution in [-0.2, 0) is 0 Å². The number of benzene rings is 21. The number of aromatic nitrogens is 11. The summed E-state index contributed by atoms with van der Waals surface area (Å²) in [5.41, 5.74) is 26.0. The first-order valence-electron chi connectivity index (χ1n) is 48.0. The van der Waals surface area contributed by atoms with Crippen LogP contribution >= 0.6 is 0 Å². The Balaban J connectivity index is 0.000000106. The summed E-state index contributed by atoms with van der Waals surface area (Å²) in [6.07, 6.45) is 0. The van der Waals surface area contributed by atoms with Gasteiger partial charge in [-0.25, -0.2) is 19.9 Å². The van der Waals surface area contributed by atoms with Gasteiger partial charge in [-0.1, -0.05) is 388 Å². The molecular weight excluding hydrogens is 1730 g/mol. The van der Waals surface area contributed by atoms with E-state index in [9.17, 15) is 0 Å². The predicted octanol–water partition coefficient (Wildman–Crippen LogP) is 33.4. The highest BCUT2D eigenvalue weighted by molar-refractivity contribution is 6.32. The van der Waals surface area contributed by atoms with Crippen LogP contribution in [0.25, 0.3) is 271 Å². The molecule has 21 aromatic carbocycles. The van der Waals surface area contributed by atoms with E-state index in [0.717, 1.165) is 150 Å². The number of rotatable bonds is 11. The van der Waals surface area contributed by atoms with Crippen molar-refractivity contribution in [1.29, 1.82) is 0 Å². The van der Waals surface area contributed by atoms with Crippen LogP contribution in [-0.4, -0.2) is 52.7 Å². The molecule has 0 aliphatic rings. The third-order valence-corrected chi connectivity index (χ3v) is 28.2. The molecule has 0 N–H and O–H groups in total. The van der Waals surface area contributed by atoms with Gasteiger partial charge in [0.1, 0.15) is 11.2 Å². The maximum Gasteiger partial charge on any atom is 0.238 e. The first kappa shape index (κ1) is 81.1. The maximum atomic E-state index is 6.45. The van der Waals surface area contributed by atoms with E-state index < -0.39 is 0 Å². The minimum Gasteiger partial charge on any atom is -0.455 e. The summed E-state index contributed by atoms with van der Waals surface area (Å²) in [6, 6.07) is 173. The number of nitrogens with zero attached hydrogens (tertiary/aromatic N) is 11. The molecule has 0 atom stereocenters. The van der Waals surface area contributed by atoms with Gasteiger partial charge in [0.2, 0.25) is 11.9 Å². The summed E-state index contributed by atoms with van der Waals surface area (Å²) in [6.45, 7) is 0. The topological polar surface area (TPSA) is 115 Å². The molecule has 0 spiro atoms. The van der Waals surface area contributed by atoms with E-state index >= 15 is 0 Å². The molecule has 0 saturated heterocycles. The van der Waals surface area contributed by atoms with Gasteiger partial charge in [-0.3, -0.25) is 9.13 Å². The van der Waals surface area contributed by atoms with Crippen LogP contribution < -0.4 is 0 Å². The summed E-state index contributed by atoms with van der Waals surface area (Å²) >= 11 is 0. The third-order valence-electron chi connectivity index (χ3n) is 28.2. The first-order chi connectivity index (χ1) is 70.4. The Labute approximate surface area is 813 Å². The Hall–Kier alpha value is -19.3. The van der Waals surface area contributed by atoms with Crippen LogP contribution in [0.3, 0.4) is 0 Å². The number of para-hydroxylation sites is 4. The van der Waals surface area contributed by atoms with Crippen LogP contribution in [0, 0.1) is 0 Å². The van der Waals surface area contributed by atoms with Crippen LogP contribution in [0.1, 0.15) is 0 Å². The minimum absolute atomic E-state index is 0.570. The molecule has 0 unspecified atom stereocenters. The monoisotopic (exact) mass is 1810 g/mol. The summed E-state index contributed by atoms with van der Waals surface area (Å²) in [5, 5.41) is 23.8. The Kier molecular flexibility index (Phi) is 19.0. The molecule has 0 aliphatic carbocycles. The fraction of sp³-hybridized carbons (Fsp3) is 0. The van der Waals surface area contributed by atoms with E-state index in [0.29, 0.717) is 23.5 Å². The van der Waals surface area contributed by atoms with E-state index in [-0.39, 0.29) is 0 Å². The molecule has 9 aromatic heterocycles. The molecular formula is C130H81N11O. The Morgan fingerprint density at radius 1 is 0.162 bits per heavy atom. The van der Waals surface area contributed by atoms with Gasteiger partial charge < -0.3 is 18.1 Å². The van der Waals surface area contributed by atoms with Crippen molar-refractivity contribution in [3.05, 3.63) is 491 Å². The van der Waals surface area contributed by atoms with Gasteiger partial charge in [0.25, 0.3) is 0 Å². The second-order valence-corrected chi connectivity index (χ2v) is 36.3. The molecule has 0 amide bonds. The average Bonchev–Trinajstić information content (AvgIpc) is 1.54. The molecule has 142 heavy (non-hydrogen) atoms. The lowest BCUT2D eigenvalue weighted by Gasteiger charge is -2.14. The van der Waals surface area contributed by atoms with E-state index in [1.807, 2.05) is 84.9 Å². The zero-order chi connectivity index (χ0) is 93.4. The Bertz CT molecular complexity index is 10100. The maximum absolute atomic E-state index is 6.45. The van der Waals surface area contributed by atoms with Gasteiger partial charge >= 0.3 is 0 Å². The lowest BCUT2D eigenvalue weighted by molar-refractivity contribution is 0.673. The van der Waals surface area contributed by atoms with E-state index in [2.05, 4.69) is 429 Å². The fourth-order valence-corrected chi connectivity index (χ4v) is 21.9. The number of pyridine rings is 1. The highest BCUT2D eigenvalue weighted by Gasteiger charge is 2.29. The summed E-state index contributed by atoms with van der Waals surface area (Å²) in [7, 11) is 0. The minimum atomic E-state index is 0.570. The van der Waals surface area contributed by atoms with Crippen LogP contribution in [0.4, 0.5) is 0 Å². The standard InChI is InChI=1S/C51H31N5.C45H29N3.C34H21N3O/c1-3-16-35(17-4-1)49-52-50(36-18-5-2-6-19-36)54-51(53-49)56-44-30-25-34-15-10-12-22-40(34)46(44)42-28-27-41-45-39-21-11-9-14-33(39)24-29-43(45)55(47(41)48(42)56)38-26-23-32-13-7-8-20-37(32)31-38;1-4-15-31(16-5-1)39-26-34(27-40(46-39)32-17-6-2-7-18-32)48-42-25-24-30-14-10-11-21-35(30)45(42)38-28-37-36-22-12-13-23-41(36)47(43(37)29-44(38)48)33-19-8-3-9-20-33;1-3-11-22(12-4-1)27-21-28(23-13-5-2-6-14-23)36-34(35-27)37-29-17-9-7-16-26(29)32-30(37)20-19-25-24-15-8-10-18-31(24)38-33(25)32/h1-31H;1-29H;1-21H. The molecule has 12 heteroatoms. The molecule has 0 aliphatic heterocycles. The van der Waals surface area contributed by atoms with Gasteiger partial charge in [0, 0.05) is 104 Å². The molecule has 0 fully saturated rings. The second-order valence-electron chi connectivity index (χ2n) is 36.3. The molecule has 0 saturated carbocycles. The Morgan fingerprint density at radius 2 is 0.535 bits per heavy atom. The highest BCUT2D eigenvalue weighted by atomic mass is 16.3. The lowest BCUT2D eigenvalue weighted by Crippen LogP contribution is -2.07. The van der Waals surface area contributed by atoms with Crippen molar-refractivity contribution in [1.82, 2.24) is 52.7 Å². The van der Waals surface area contributed by atoms with E-state index in [1.54, 1.807) is 0 Å². The molecule has 30 rings (SSSR count). The van der Waals surface area contributed by atoms with Gasteiger partial charge in [0.15, 0.2) is 11.6 Å². The van der Waals surface area contributed by atoms with Gasteiger partial charge in [-0.05, 0) is 146 Å². The molecule has 12 nitrogen and oxygen atoms in total. The van der Waals surface area contributed by atoms with Gasteiger partial charge in [0.05, 0.1) is 89.0 Å². The van der Waals surface area contributed by atoms with Crippen LogP contribution in [0.5, 0.6) is 0 Å². The molecule has 30 aromatic rings. The number of hydrogen-bond donors (Lipinski definition) is 0. The Morgan fingerprint density at radius 3 is 1.08 bits per heavy atom. The van der Waals surface area contributed by atoms with Crippen molar-refractivity contribution < 1.29 is 4.42 Å². The zero-order valence-electron chi connectivity index (χ0n) is 76.6. The molecule has 9 heterocycles. The molecule has 0 radical (unpaired) electrons. The number of furan rings is 1. The molecule has 0 bridgehead atoms. The van der Waals surface area contributed by atoms with Gasteiger partial charge in [-0.2, -0.15) is 9.97 Å². The highest BCUT2D eigenvalue weighted by Crippen LogP contribution is 2.49. The van der Waals surface area contributed by atoms with Crippen molar-refractivity contribution in [3.8, 4) is 96.8 Å². The van der Waals surface area contributed by atoms with Crippen molar-refractivity contribution in [2.24, 2.45) is 0 Å². The second kappa shape index (κ2) is 33.3. The summed E-state index contributed by atoms with van der Waals surface area (Å²) in [5.74, 6) is 2.45. The third kappa shape index (κ3) is 13.4. The first-order valence-corrected chi connectivity index (χ1v) is 48.0. The lowest BCUT2D eigenvalue weighted by atomic mass is 10.0. The predicted molar refractivity (Wildman–Crippen MR) is 588 cm³/mol. The largest absolute Gasteiger partial charge is 0.455 e. The van der Waals surface area contributed by atoms with Crippen molar-refractivity contribution in [3.63, 3.8) is 0 Å². The van der Waals surface area contributed by atoms with Crippen molar-refractivity contribution in [2.45, 2.75) is 0 Å². The van der Waals surface area contributed by atoms with Crippen molar-refractivity contribution in [2.75, 3.05) is 0 Å². The normalized spacial score (nSPS) is 11.8. The smallest absolute Gasteiger partial charge is 0.238 e. The fourth-order valence-electron chi connectivity index (χ4n) is 21.9. The SMILES string of the molecule is c1ccc(-c2cc(-c3ccccc3)nc(-n3c4ccccc4c4c5oc6ccccc6c5ccc43)n2)cc1.c1ccc(-c2cc(-n3c4cc5c(cc4c4c6ccccc6ccc43)c3ccccc3n5-c3ccccc3)cc(-c3ccccc3)n2)cc1.c1ccc(-c2nc(-c3ccccc3)nc(-n3c4ccc5ccccc5c4c4ccc5c6c7ccccc7ccc6n(-c6ccc7ccccc7c6)c5c43)n2)cc1. The number of fused-ring (bicyclic) bond motifs is 27.